The highest BCUT2D eigenvalue weighted by molar-refractivity contribution is 5.83. The van der Waals surface area contributed by atoms with Gasteiger partial charge in [-0.05, 0) is 73.1 Å². The second kappa shape index (κ2) is 11.7. The van der Waals surface area contributed by atoms with Crippen LogP contribution in [0.1, 0.15) is 92.6 Å². The third-order valence-electron chi connectivity index (χ3n) is 7.12. The Bertz CT molecular complexity index is 791. The summed E-state index contributed by atoms with van der Waals surface area (Å²) < 4.78 is 5.98. The van der Waals surface area contributed by atoms with E-state index < -0.39 is 0 Å². The van der Waals surface area contributed by atoms with Crippen LogP contribution < -0.4 is 0 Å². The summed E-state index contributed by atoms with van der Waals surface area (Å²) in [7, 11) is 0. The number of likely N-dealkylation sites (tertiary alicyclic amines) is 1. The summed E-state index contributed by atoms with van der Waals surface area (Å²) in [5, 5.41) is 0. The number of allylic oxidation sites excluding steroid dienone is 4. The molecule has 0 spiro atoms. The monoisotopic (exact) mass is 425 g/mol. The van der Waals surface area contributed by atoms with Crippen molar-refractivity contribution < 1.29 is 6.16 Å². The van der Waals surface area contributed by atoms with Crippen molar-refractivity contribution in [2.75, 3.05) is 19.6 Å². The van der Waals surface area contributed by atoms with Gasteiger partial charge in [0.15, 0.2) is 0 Å². The second-order valence-corrected chi connectivity index (χ2v) is 9.49. The number of rotatable bonds is 5. The molecule has 0 aromatic heterocycles. The van der Waals surface area contributed by atoms with Crippen molar-refractivity contribution in [3.8, 4) is 0 Å². The zero-order valence-corrected chi connectivity index (χ0v) is 18.4. The van der Waals surface area contributed by atoms with Crippen molar-refractivity contribution in [2.45, 2.75) is 86.7 Å². The zero-order valence-electron chi connectivity index (χ0n) is 18.4. The molecule has 1 saturated carbocycles. The van der Waals surface area contributed by atoms with E-state index in [1.165, 1.54) is 80.4 Å². The fourth-order valence-electron chi connectivity index (χ4n) is 5.52. The number of ether oxygens (including phenoxy) is 1. The highest BCUT2D eigenvalue weighted by Crippen LogP contribution is 2.41. The number of benzene rings is 1. The van der Waals surface area contributed by atoms with E-state index in [9.17, 15) is 0 Å². The average Bonchev–Trinajstić information content (AvgIpc) is 3.07. The van der Waals surface area contributed by atoms with Gasteiger partial charge in [-0.1, -0.05) is 76.6 Å². The maximum Gasteiger partial charge on any atom is 0.113 e. The Labute approximate surface area is 193 Å². The summed E-state index contributed by atoms with van der Waals surface area (Å²) >= 11 is 0. The molecule has 2 heteroatoms. The lowest BCUT2D eigenvalue weighted by Gasteiger charge is -2.36. The molecular weight excluding hydrogens is 378 g/mol. The highest BCUT2D eigenvalue weighted by Gasteiger charge is 2.32. The molecule has 2 fully saturated rings. The van der Waals surface area contributed by atoms with Crippen LogP contribution in [0.15, 0.2) is 53.8 Å². The van der Waals surface area contributed by atoms with E-state index >= 15 is 0 Å². The number of nitrogens with zero attached hydrogens (tertiary/aromatic N) is 1. The standard InChI is InChI=1S/C27H37NO.2CH4.H2/c1-3-4-5-11-24-20-29-19-23-10-6-7-12-25(23)26(24)22-13-17-28(18-14-22)21-27(2)15-8-9-16-27;;;/h3-4,6-7,10,12,20H,5,8-9,11,13-19,21H2,1-2H3;2*1H4;1H/b4-3-;;;. The second-order valence-electron chi connectivity index (χ2n) is 9.49. The van der Waals surface area contributed by atoms with Crippen LogP contribution in [0, 0.1) is 5.41 Å². The van der Waals surface area contributed by atoms with Crippen LogP contribution in [-0.2, 0) is 11.3 Å². The van der Waals surface area contributed by atoms with Gasteiger partial charge in [0.1, 0.15) is 6.61 Å². The minimum Gasteiger partial charge on any atom is -0.496 e. The Morgan fingerprint density at radius 3 is 2.52 bits per heavy atom. The molecule has 2 heterocycles. The molecule has 0 atom stereocenters. The molecule has 3 aliphatic rings. The summed E-state index contributed by atoms with van der Waals surface area (Å²) in [6.45, 7) is 9.01. The molecule has 1 aromatic carbocycles. The lowest BCUT2D eigenvalue weighted by Crippen LogP contribution is -2.38. The summed E-state index contributed by atoms with van der Waals surface area (Å²) in [6.07, 6.45) is 16.7. The van der Waals surface area contributed by atoms with Gasteiger partial charge in [0, 0.05) is 21.1 Å². The molecule has 0 unspecified atom stereocenters. The molecule has 174 valence electrons. The molecule has 4 rings (SSSR count). The molecule has 2 aliphatic heterocycles. The highest BCUT2D eigenvalue weighted by atomic mass is 16.5. The Kier molecular flexibility index (Phi) is 9.62. The summed E-state index contributed by atoms with van der Waals surface area (Å²) in [4.78, 5) is 2.73. The van der Waals surface area contributed by atoms with Crippen LogP contribution in [0.4, 0.5) is 0 Å². The third-order valence-corrected chi connectivity index (χ3v) is 7.12. The van der Waals surface area contributed by atoms with Crippen LogP contribution in [0.2, 0.25) is 0 Å². The summed E-state index contributed by atoms with van der Waals surface area (Å²) in [5.41, 5.74) is 7.82. The predicted octanol–water partition coefficient (Wildman–Crippen LogP) is 8.40. The average molecular weight is 426 g/mol. The van der Waals surface area contributed by atoms with E-state index in [1.54, 1.807) is 5.57 Å². The van der Waals surface area contributed by atoms with Crippen LogP contribution in [0.5, 0.6) is 0 Å². The third kappa shape index (κ3) is 6.13. The van der Waals surface area contributed by atoms with Crippen molar-refractivity contribution in [1.29, 1.82) is 0 Å². The quantitative estimate of drug-likeness (QED) is 0.439. The first-order valence-corrected chi connectivity index (χ1v) is 11.6. The molecular formula is C29H47NO. The number of fused-ring (bicyclic) bond motifs is 1. The van der Waals surface area contributed by atoms with E-state index in [4.69, 9.17) is 4.74 Å². The minimum atomic E-state index is 0. The Morgan fingerprint density at radius 1 is 1.10 bits per heavy atom. The maximum atomic E-state index is 5.98. The Morgan fingerprint density at radius 2 is 1.81 bits per heavy atom. The zero-order chi connectivity index (χ0) is 20.1. The largest absolute Gasteiger partial charge is 0.496 e. The van der Waals surface area contributed by atoms with Crippen molar-refractivity contribution in [1.82, 2.24) is 4.90 Å². The van der Waals surface area contributed by atoms with Crippen molar-refractivity contribution in [2.24, 2.45) is 5.41 Å². The van der Waals surface area contributed by atoms with E-state index in [1.807, 2.05) is 0 Å². The fourth-order valence-corrected chi connectivity index (χ4v) is 5.52. The number of hydrogen-bond acceptors (Lipinski definition) is 2. The SMILES string of the molecule is C.C.C/C=C\CCC1=COCc2ccccc2C1=C1CCN(CC2(C)CCCC2)CC1.[HH]. The van der Waals surface area contributed by atoms with Crippen LogP contribution >= 0.6 is 0 Å². The smallest absolute Gasteiger partial charge is 0.113 e. The maximum absolute atomic E-state index is 5.98. The lowest BCUT2D eigenvalue weighted by molar-refractivity contribution is 0.158. The van der Waals surface area contributed by atoms with Gasteiger partial charge in [-0.2, -0.15) is 0 Å². The number of hydrogen-bond donors (Lipinski definition) is 0. The Hall–Kier alpha value is -1.80. The van der Waals surface area contributed by atoms with Crippen molar-refractivity contribution >= 4 is 5.57 Å². The van der Waals surface area contributed by atoms with Gasteiger partial charge in [-0.25, -0.2) is 0 Å². The van der Waals surface area contributed by atoms with Gasteiger partial charge < -0.3 is 9.64 Å². The lowest BCUT2D eigenvalue weighted by atomic mass is 9.84. The van der Waals surface area contributed by atoms with Crippen LogP contribution in [-0.4, -0.2) is 24.5 Å². The van der Waals surface area contributed by atoms with Gasteiger partial charge in [0.25, 0.3) is 0 Å². The van der Waals surface area contributed by atoms with Crippen molar-refractivity contribution in [3.05, 3.63) is 65.0 Å². The fraction of sp³-hybridized carbons (Fsp3) is 0.586. The van der Waals surface area contributed by atoms with E-state index in [0.29, 0.717) is 12.0 Å². The molecule has 0 bridgehead atoms. The summed E-state index contributed by atoms with van der Waals surface area (Å²) in [5.74, 6) is 0. The molecule has 0 radical (unpaired) electrons. The molecule has 0 amide bonds. The normalized spacial score (nSPS) is 20.9. The molecule has 0 N–H and O–H groups in total. The minimum absolute atomic E-state index is 0. The first-order chi connectivity index (χ1) is 14.2. The number of piperidine rings is 1. The molecule has 1 aromatic rings. The van der Waals surface area contributed by atoms with E-state index in [0.717, 1.165) is 12.8 Å². The topological polar surface area (TPSA) is 12.5 Å². The molecule has 31 heavy (non-hydrogen) atoms. The molecule has 2 nitrogen and oxygen atoms in total. The molecule has 1 saturated heterocycles. The summed E-state index contributed by atoms with van der Waals surface area (Å²) in [6, 6.07) is 8.86. The van der Waals surface area contributed by atoms with Crippen LogP contribution in [0.25, 0.3) is 5.57 Å². The molecule has 1 aliphatic carbocycles. The first kappa shape index (κ1) is 25.5. The van der Waals surface area contributed by atoms with Gasteiger partial charge in [0.05, 0.1) is 6.26 Å². The van der Waals surface area contributed by atoms with Gasteiger partial charge in [-0.3, -0.25) is 0 Å². The van der Waals surface area contributed by atoms with Crippen molar-refractivity contribution in [3.63, 3.8) is 0 Å². The first-order valence-electron chi connectivity index (χ1n) is 11.6. The van der Waals surface area contributed by atoms with Gasteiger partial charge in [-0.15, -0.1) is 0 Å². The van der Waals surface area contributed by atoms with Gasteiger partial charge in [0.2, 0.25) is 0 Å². The predicted molar refractivity (Wildman–Crippen MR) is 138 cm³/mol. The van der Waals surface area contributed by atoms with Gasteiger partial charge >= 0.3 is 0 Å². The van der Waals surface area contributed by atoms with Crippen LogP contribution in [0.3, 0.4) is 0 Å². The van der Waals surface area contributed by atoms with E-state index in [-0.39, 0.29) is 16.3 Å². The Balaban J connectivity index is 0.00000171. The van der Waals surface area contributed by atoms with E-state index in [2.05, 4.69) is 61.4 Å².